The molecule has 0 bridgehead atoms. The first-order valence-corrected chi connectivity index (χ1v) is 7.01. The Kier molecular flexibility index (Phi) is 4.39. The Bertz CT molecular complexity index is 540. The lowest BCUT2D eigenvalue weighted by Crippen LogP contribution is -2.15. The van der Waals surface area contributed by atoms with Gasteiger partial charge in [-0.3, -0.25) is 0 Å². The van der Waals surface area contributed by atoms with Crippen LogP contribution in [0.25, 0.3) is 0 Å². The molecule has 19 heavy (non-hydrogen) atoms. The van der Waals surface area contributed by atoms with Crippen molar-refractivity contribution >= 4 is 0 Å². The number of rotatable bonds is 4. The van der Waals surface area contributed by atoms with Crippen LogP contribution in [0.4, 0.5) is 0 Å². The SMILES string of the molecule is CCc1ccc(CC(N)c2cccc(C)c2C)cc1. The molecule has 100 valence electrons. The van der Waals surface area contributed by atoms with Crippen molar-refractivity contribution in [2.24, 2.45) is 5.73 Å². The predicted octanol–water partition coefficient (Wildman–Crippen LogP) is 4.11. The molecule has 1 heteroatoms. The van der Waals surface area contributed by atoms with Gasteiger partial charge in [0.25, 0.3) is 0 Å². The van der Waals surface area contributed by atoms with Gasteiger partial charge < -0.3 is 5.73 Å². The largest absolute Gasteiger partial charge is 0.324 e. The molecule has 2 N–H and O–H groups in total. The molecule has 0 spiro atoms. The van der Waals surface area contributed by atoms with Crippen LogP contribution >= 0.6 is 0 Å². The van der Waals surface area contributed by atoms with Crippen molar-refractivity contribution in [3.05, 3.63) is 70.3 Å². The topological polar surface area (TPSA) is 26.0 Å². The highest BCUT2D eigenvalue weighted by Crippen LogP contribution is 2.22. The normalized spacial score (nSPS) is 12.4. The Balaban J connectivity index is 2.15. The van der Waals surface area contributed by atoms with Crippen LogP contribution in [0.2, 0.25) is 0 Å². The van der Waals surface area contributed by atoms with Gasteiger partial charge in [-0.2, -0.15) is 0 Å². The summed E-state index contributed by atoms with van der Waals surface area (Å²) < 4.78 is 0. The molecule has 2 aromatic carbocycles. The molecule has 0 aromatic heterocycles. The summed E-state index contributed by atoms with van der Waals surface area (Å²) in [6, 6.07) is 15.3. The number of hydrogen-bond acceptors (Lipinski definition) is 1. The Morgan fingerprint density at radius 2 is 1.58 bits per heavy atom. The van der Waals surface area contributed by atoms with E-state index in [9.17, 15) is 0 Å². The van der Waals surface area contributed by atoms with Gasteiger partial charge in [0.05, 0.1) is 0 Å². The monoisotopic (exact) mass is 253 g/mol. The van der Waals surface area contributed by atoms with E-state index < -0.39 is 0 Å². The van der Waals surface area contributed by atoms with Gasteiger partial charge in [-0.15, -0.1) is 0 Å². The van der Waals surface area contributed by atoms with Crippen LogP contribution in [0.5, 0.6) is 0 Å². The van der Waals surface area contributed by atoms with Crippen LogP contribution in [-0.4, -0.2) is 0 Å². The van der Waals surface area contributed by atoms with Crippen LogP contribution in [0, 0.1) is 13.8 Å². The quantitative estimate of drug-likeness (QED) is 0.872. The van der Waals surface area contributed by atoms with Crippen LogP contribution < -0.4 is 5.73 Å². The van der Waals surface area contributed by atoms with E-state index in [0.717, 1.165) is 12.8 Å². The summed E-state index contributed by atoms with van der Waals surface area (Å²) in [5.41, 5.74) is 13.0. The second-order valence-electron chi connectivity index (χ2n) is 5.27. The Labute approximate surface area is 116 Å². The molecule has 1 unspecified atom stereocenters. The molecule has 0 aliphatic heterocycles. The molecule has 2 aromatic rings. The average molecular weight is 253 g/mol. The smallest absolute Gasteiger partial charge is 0.0338 e. The fraction of sp³-hybridized carbons (Fsp3) is 0.333. The van der Waals surface area contributed by atoms with Crippen molar-refractivity contribution in [3.8, 4) is 0 Å². The summed E-state index contributed by atoms with van der Waals surface area (Å²) in [7, 11) is 0. The standard InChI is InChI=1S/C18H23N/c1-4-15-8-10-16(11-9-15)12-18(19)17-7-5-6-13(2)14(17)3/h5-11,18H,4,12,19H2,1-3H3. The molecule has 0 saturated carbocycles. The average Bonchev–Trinajstić information content (AvgIpc) is 2.42. The number of nitrogens with two attached hydrogens (primary N) is 1. The maximum atomic E-state index is 6.37. The molecule has 1 atom stereocenters. The number of aryl methyl sites for hydroxylation is 2. The molecule has 0 fully saturated rings. The summed E-state index contributed by atoms with van der Waals surface area (Å²) in [6.45, 7) is 6.48. The summed E-state index contributed by atoms with van der Waals surface area (Å²) >= 11 is 0. The Morgan fingerprint density at radius 1 is 0.947 bits per heavy atom. The summed E-state index contributed by atoms with van der Waals surface area (Å²) in [5.74, 6) is 0. The van der Waals surface area contributed by atoms with Crippen molar-refractivity contribution in [1.29, 1.82) is 0 Å². The van der Waals surface area contributed by atoms with Gasteiger partial charge in [0, 0.05) is 6.04 Å². The molecule has 0 heterocycles. The fourth-order valence-electron chi connectivity index (χ4n) is 2.45. The molecular formula is C18H23N. The Morgan fingerprint density at radius 3 is 2.21 bits per heavy atom. The zero-order valence-corrected chi connectivity index (χ0v) is 12.1. The lowest BCUT2D eigenvalue weighted by molar-refractivity contribution is 0.715. The van der Waals surface area contributed by atoms with Crippen molar-refractivity contribution in [1.82, 2.24) is 0 Å². The molecule has 0 aliphatic carbocycles. The third-order valence-electron chi connectivity index (χ3n) is 3.93. The number of benzene rings is 2. The van der Waals surface area contributed by atoms with E-state index in [1.54, 1.807) is 0 Å². The lowest BCUT2D eigenvalue weighted by Gasteiger charge is -2.16. The van der Waals surface area contributed by atoms with Crippen LogP contribution in [0.1, 0.15) is 40.8 Å². The van der Waals surface area contributed by atoms with Crippen molar-refractivity contribution in [3.63, 3.8) is 0 Å². The summed E-state index contributed by atoms with van der Waals surface area (Å²) in [5, 5.41) is 0. The maximum absolute atomic E-state index is 6.37. The van der Waals surface area contributed by atoms with Crippen LogP contribution in [-0.2, 0) is 12.8 Å². The molecule has 0 aliphatic rings. The minimum absolute atomic E-state index is 0.0763. The van der Waals surface area contributed by atoms with Crippen LogP contribution in [0.15, 0.2) is 42.5 Å². The van der Waals surface area contributed by atoms with Gasteiger partial charge in [0.2, 0.25) is 0 Å². The molecule has 2 rings (SSSR count). The molecule has 1 nitrogen and oxygen atoms in total. The molecule has 0 radical (unpaired) electrons. The minimum Gasteiger partial charge on any atom is -0.324 e. The fourth-order valence-corrected chi connectivity index (χ4v) is 2.45. The van der Waals surface area contributed by atoms with E-state index in [0.29, 0.717) is 0 Å². The van der Waals surface area contributed by atoms with Crippen molar-refractivity contribution < 1.29 is 0 Å². The van der Waals surface area contributed by atoms with Crippen molar-refractivity contribution in [2.75, 3.05) is 0 Å². The highest BCUT2D eigenvalue weighted by Gasteiger charge is 2.10. The lowest BCUT2D eigenvalue weighted by atomic mass is 9.93. The number of hydrogen-bond donors (Lipinski definition) is 1. The van der Waals surface area contributed by atoms with Crippen LogP contribution in [0.3, 0.4) is 0 Å². The summed E-state index contributed by atoms with van der Waals surface area (Å²) in [4.78, 5) is 0. The van der Waals surface area contributed by atoms with E-state index in [1.165, 1.54) is 27.8 Å². The van der Waals surface area contributed by atoms with E-state index >= 15 is 0 Å². The third-order valence-corrected chi connectivity index (χ3v) is 3.93. The van der Waals surface area contributed by atoms with Gasteiger partial charge in [-0.05, 0) is 54.5 Å². The van der Waals surface area contributed by atoms with Gasteiger partial charge >= 0.3 is 0 Å². The van der Waals surface area contributed by atoms with Gasteiger partial charge in [0.1, 0.15) is 0 Å². The zero-order chi connectivity index (χ0) is 13.8. The molecular weight excluding hydrogens is 230 g/mol. The van der Waals surface area contributed by atoms with Gasteiger partial charge in [-0.25, -0.2) is 0 Å². The van der Waals surface area contributed by atoms with Crippen molar-refractivity contribution in [2.45, 2.75) is 39.7 Å². The zero-order valence-electron chi connectivity index (χ0n) is 12.1. The van der Waals surface area contributed by atoms with E-state index in [4.69, 9.17) is 5.73 Å². The predicted molar refractivity (Wildman–Crippen MR) is 82.4 cm³/mol. The third kappa shape index (κ3) is 3.24. The van der Waals surface area contributed by atoms with E-state index in [-0.39, 0.29) is 6.04 Å². The highest BCUT2D eigenvalue weighted by molar-refractivity contribution is 5.36. The Hall–Kier alpha value is -1.60. The first kappa shape index (κ1) is 13.8. The van der Waals surface area contributed by atoms with E-state index in [2.05, 4.69) is 63.2 Å². The molecule has 0 saturated heterocycles. The molecule has 0 amide bonds. The maximum Gasteiger partial charge on any atom is 0.0338 e. The minimum atomic E-state index is 0.0763. The van der Waals surface area contributed by atoms with Gasteiger partial charge in [0.15, 0.2) is 0 Å². The van der Waals surface area contributed by atoms with Gasteiger partial charge in [-0.1, -0.05) is 49.4 Å². The summed E-state index contributed by atoms with van der Waals surface area (Å²) in [6.07, 6.45) is 1.98. The first-order valence-electron chi connectivity index (χ1n) is 7.01. The van der Waals surface area contributed by atoms with E-state index in [1.807, 2.05) is 0 Å². The highest BCUT2D eigenvalue weighted by atomic mass is 14.6. The first-order chi connectivity index (χ1) is 9.11. The second kappa shape index (κ2) is 6.03. The second-order valence-corrected chi connectivity index (χ2v) is 5.27.